The molecule has 0 spiro atoms. The molecule has 4 nitrogen and oxygen atoms in total. The minimum absolute atomic E-state index is 0.00917. The maximum atomic E-state index is 6.26. The van der Waals surface area contributed by atoms with Gasteiger partial charge in [-0.2, -0.15) is 5.10 Å². The van der Waals surface area contributed by atoms with Gasteiger partial charge in [-0.1, -0.05) is 18.5 Å². The molecule has 2 rings (SSSR count). The topological polar surface area (TPSA) is 42.7 Å². The molecule has 0 aromatic carbocycles. The fourth-order valence-corrected chi connectivity index (χ4v) is 2.86. The molecule has 6 heteroatoms. The first kappa shape index (κ1) is 13.5. The molecule has 1 unspecified atom stereocenters. The Morgan fingerprint density at radius 2 is 2.28 bits per heavy atom. The molecule has 0 saturated carbocycles. The monoisotopic (exact) mass is 284 g/mol. The van der Waals surface area contributed by atoms with Crippen LogP contribution in [0.3, 0.4) is 0 Å². The fraction of sp³-hybridized carbons (Fsp3) is 0.500. The highest BCUT2D eigenvalue weighted by Gasteiger charge is 2.22. The van der Waals surface area contributed by atoms with Crippen LogP contribution in [-0.2, 0) is 6.54 Å². The molecule has 0 radical (unpaired) electrons. The van der Waals surface area contributed by atoms with Gasteiger partial charge in [-0.05, 0) is 20.4 Å². The normalized spacial score (nSPS) is 12.9. The van der Waals surface area contributed by atoms with Gasteiger partial charge in [-0.25, -0.2) is 4.98 Å². The van der Waals surface area contributed by atoms with Crippen molar-refractivity contribution < 1.29 is 0 Å². The summed E-state index contributed by atoms with van der Waals surface area (Å²) in [6, 6.07) is 0.00917. The second-order valence-electron chi connectivity index (χ2n) is 3.98. The summed E-state index contributed by atoms with van der Waals surface area (Å²) in [5.74, 6) is 0. The molecule has 0 aliphatic rings. The van der Waals surface area contributed by atoms with E-state index < -0.39 is 0 Å². The zero-order valence-electron chi connectivity index (χ0n) is 10.8. The smallest absolute Gasteiger partial charge is 0.0945 e. The van der Waals surface area contributed by atoms with Gasteiger partial charge in [0.05, 0.1) is 33.7 Å². The van der Waals surface area contributed by atoms with Crippen LogP contribution in [0.15, 0.2) is 11.6 Å². The van der Waals surface area contributed by atoms with Gasteiger partial charge in [0.2, 0.25) is 0 Å². The van der Waals surface area contributed by atoms with E-state index in [2.05, 4.69) is 34.6 Å². The van der Waals surface area contributed by atoms with Gasteiger partial charge in [0.25, 0.3) is 0 Å². The lowest BCUT2D eigenvalue weighted by molar-refractivity contribution is 0.536. The number of aryl methyl sites for hydroxylation is 2. The van der Waals surface area contributed by atoms with Crippen molar-refractivity contribution in [2.24, 2.45) is 0 Å². The zero-order valence-corrected chi connectivity index (χ0v) is 12.3. The van der Waals surface area contributed by atoms with Gasteiger partial charge < -0.3 is 5.32 Å². The molecule has 98 valence electrons. The standard InChI is InChI=1S/C12H17ClN4S/c1-4-14-11(10-7-18-8(3)16-10)12-9(13)6-15-17(12)5-2/h6-7,11,14H,4-5H2,1-3H3. The number of rotatable bonds is 5. The van der Waals surface area contributed by atoms with E-state index in [0.717, 1.165) is 29.5 Å². The van der Waals surface area contributed by atoms with Gasteiger partial charge in [0, 0.05) is 11.9 Å². The summed E-state index contributed by atoms with van der Waals surface area (Å²) in [5.41, 5.74) is 2.00. The van der Waals surface area contributed by atoms with Crippen LogP contribution < -0.4 is 5.32 Å². The number of nitrogens with zero attached hydrogens (tertiary/aromatic N) is 3. The lowest BCUT2D eigenvalue weighted by Gasteiger charge is -2.17. The van der Waals surface area contributed by atoms with Gasteiger partial charge in [-0.15, -0.1) is 11.3 Å². The van der Waals surface area contributed by atoms with Crippen LogP contribution in [-0.4, -0.2) is 21.3 Å². The highest BCUT2D eigenvalue weighted by atomic mass is 35.5. The molecule has 2 aromatic heterocycles. The molecule has 0 bridgehead atoms. The summed E-state index contributed by atoms with van der Waals surface area (Å²) in [5, 5.41) is 11.5. The molecule has 0 fully saturated rings. The summed E-state index contributed by atoms with van der Waals surface area (Å²) in [6.07, 6.45) is 1.70. The molecule has 0 saturated heterocycles. The van der Waals surface area contributed by atoms with Crippen LogP contribution in [0.1, 0.15) is 36.3 Å². The third-order valence-electron chi connectivity index (χ3n) is 2.75. The first-order chi connectivity index (χ1) is 8.67. The molecule has 2 heterocycles. The summed E-state index contributed by atoms with van der Waals surface area (Å²) >= 11 is 7.91. The Morgan fingerprint density at radius 3 is 2.83 bits per heavy atom. The van der Waals surface area contributed by atoms with Crippen molar-refractivity contribution >= 4 is 22.9 Å². The molecule has 0 aliphatic heterocycles. The van der Waals surface area contributed by atoms with E-state index in [0.29, 0.717) is 5.02 Å². The van der Waals surface area contributed by atoms with Crippen molar-refractivity contribution in [1.29, 1.82) is 0 Å². The summed E-state index contributed by atoms with van der Waals surface area (Å²) < 4.78 is 1.92. The van der Waals surface area contributed by atoms with Crippen LogP contribution in [0.5, 0.6) is 0 Å². The van der Waals surface area contributed by atoms with Gasteiger partial charge in [-0.3, -0.25) is 4.68 Å². The lowest BCUT2D eigenvalue weighted by Crippen LogP contribution is -2.25. The fourth-order valence-electron chi connectivity index (χ4n) is 1.97. The average Bonchev–Trinajstić information content (AvgIpc) is 2.93. The maximum Gasteiger partial charge on any atom is 0.0945 e. The van der Waals surface area contributed by atoms with Crippen molar-refractivity contribution in [1.82, 2.24) is 20.1 Å². The second-order valence-corrected chi connectivity index (χ2v) is 5.45. The number of aromatic nitrogens is 3. The number of thiazole rings is 1. The maximum absolute atomic E-state index is 6.26. The molecule has 0 aliphatic carbocycles. The van der Waals surface area contributed by atoms with E-state index >= 15 is 0 Å². The van der Waals surface area contributed by atoms with Gasteiger partial charge in [0.15, 0.2) is 0 Å². The summed E-state index contributed by atoms with van der Waals surface area (Å²) in [6.45, 7) is 7.80. The van der Waals surface area contributed by atoms with Crippen LogP contribution in [0.2, 0.25) is 5.02 Å². The first-order valence-electron chi connectivity index (χ1n) is 6.04. The van der Waals surface area contributed by atoms with Crippen LogP contribution in [0.25, 0.3) is 0 Å². The van der Waals surface area contributed by atoms with Gasteiger partial charge in [0.1, 0.15) is 0 Å². The SMILES string of the molecule is CCNC(c1csc(C)n1)c1c(Cl)cnn1CC. The number of halogens is 1. The number of nitrogens with one attached hydrogen (secondary N) is 1. The molecule has 1 atom stereocenters. The van der Waals surface area contributed by atoms with Crippen molar-refractivity contribution in [2.75, 3.05) is 6.54 Å². The Kier molecular flexibility index (Phi) is 4.37. The van der Waals surface area contributed by atoms with Crippen molar-refractivity contribution in [3.63, 3.8) is 0 Å². The van der Waals surface area contributed by atoms with Crippen LogP contribution >= 0.6 is 22.9 Å². The number of hydrogen-bond acceptors (Lipinski definition) is 4. The van der Waals surface area contributed by atoms with Crippen molar-refractivity contribution in [3.05, 3.63) is 33.0 Å². The third kappa shape index (κ3) is 2.58. The van der Waals surface area contributed by atoms with Crippen LogP contribution in [0, 0.1) is 6.92 Å². The minimum atomic E-state index is 0.00917. The van der Waals surface area contributed by atoms with E-state index in [9.17, 15) is 0 Å². The first-order valence-corrected chi connectivity index (χ1v) is 7.29. The highest BCUT2D eigenvalue weighted by molar-refractivity contribution is 7.09. The average molecular weight is 285 g/mol. The highest BCUT2D eigenvalue weighted by Crippen LogP contribution is 2.28. The molecular weight excluding hydrogens is 268 g/mol. The van der Waals surface area contributed by atoms with E-state index in [1.54, 1.807) is 17.5 Å². The van der Waals surface area contributed by atoms with E-state index in [1.807, 2.05) is 11.6 Å². The Labute approximate surface area is 116 Å². The third-order valence-corrected chi connectivity index (χ3v) is 3.83. The number of hydrogen-bond donors (Lipinski definition) is 1. The largest absolute Gasteiger partial charge is 0.304 e. The Hall–Kier alpha value is -0.910. The van der Waals surface area contributed by atoms with E-state index in [-0.39, 0.29) is 6.04 Å². The summed E-state index contributed by atoms with van der Waals surface area (Å²) in [7, 11) is 0. The molecule has 1 N–H and O–H groups in total. The Balaban J connectivity index is 2.43. The second kappa shape index (κ2) is 5.82. The van der Waals surface area contributed by atoms with Crippen molar-refractivity contribution in [3.8, 4) is 0 Å². The quantitative estimate of drug-likeness (QED) is 0.918. The lowest BCUT2D eigenvalue weighted by atomic mass is 10.1. The summed E-state index contributed by atoms with van der Waals surface area (Å²) in [4.78, 5) is 4.56. The molecule has 18 heavy (non-hydrogen) atoms. The zero-order chi connectivity index (χ0) is 13.1. The van der Waals surface area contributed by atoms with E-state index in [4.69, 9.17) is 11.6 Å². The van der Waals surface area contributed by atoms with Crippen molar-refractivity contribution in [2.45, 2.75) is 33.4 Å². The molecule has 0 amide bonds. The predicted octanol–water partition coefficient (Wildman–Crippen LogP) is 3.02. The molecule has 2 aromatic rings. The molecular formula is C12H17ClN4S. The predicted molar refractivity (Wildman–Crippen MR) is 75.3 cm³/mol. The Bertz CT molecular complexity index is 520. The van der Waals surface area contributed by atoms with Gasteiger partial charge >= 0.3 is 0 Å². The minimum Gasteiger partial charge on any atom is -0.304 e. The van der Waals surface area contributed by atoms with E-state index in [1.165, 1.54) is 0 Å². The Morgan fingerprint density at radius 1 is 1.50 bits per heavy atom. The van der Waals surface area contributed by atoms with Crippen LogP contribution in [0.4, 0.5) is 0 Å².